The number of rotatable bonds is 8. The van der Waals surface area contributed by atoms with Crippen molar-refractivity contribution in [2.75, 3.05) is 40.4 Å². The number of carbonyl (C=O) groups excluding carboxylic acids is 1. The van der Waals surface area contributed by atoms with Crippen LogP contribution in [0.5, 0.6) is 11.5 Å². The van der Waals surface area contributed by atoms with E-state index in [0.717, 1.165) is 76.7 Å². The molecule has 4 bridgehead atoms. The largest absolute Gasteiger partial charge is 0.619 e. The lowest BCUT2D eigenvalue weighted by molar-refractivity contribution is -0.605. The van der Waals surface area contributed by atoms with Crippen LogP contribution in [0.15, 0.2) is 73.3 Å². The Balaban J connectivity index is 0.000000162. The monoisotopic (exact) mass is 820 g/mol. The number of pyridine rings is 2. The maximum absolute atomic E-state index is 12.8. The molecule has 1 amide bonds. The molecular formula is C42H50Cl2N6O7. The number of aromatic nitrogens is 2. The van der Waals surface area contributed by atoms with Gasteiger partial charge in [0.05, 0.1) is 35.4 Å². The van der Waals surface area contributed by atoms with Crippen molar-refractivity contribution >= 4 is 35.1 Å². The molecule has 304 valence electrons. The molecule has 0 aliphatic carbocycles. The lowest BCUT2D eigenvalue weighted by atomic mass is 10.0. The van der Waals surface area contributed by atoms with Crippen molar-refractivity contribution in [1.82, 2.24) is 20.0 Å². The number of nitrogens with one attached hydrogen (secondary N) is 1. The molecule has 0 unspecified atom stereocenters. The van der Waals surface area contributed by atoms with Gasteiger partial charge < -0.3 is 35.2 Å². The van der Waals surface area contributed by atoms with Gasteiger partial charge in [-0.25, -0.2) is 4.79 Å². The van der Waals surface area contributed by atoms with E-state index >= 15 is 0 Å². The summed E-state index contributed by atoms with van der Waals surface area (Å²) in [7, 11) is 3.34. The standard InChI is InChI=1S/C21H24ClN3O3.C15H21ClN2O.C6H5NO3/c1-13-19(28-3)5-4-18(20(13)22)14(2)24-11-17-10-16(24)12-25(17)21(26)15-6-8-23(27)9-7-15;1-9-14(19-3)5-4-13(15(9)16)10(2)18-8-11-6-12(18)7-17-11;8-6(9)5-1-3-7(10)4-2-5/h4-9,14,16-17H,10-12H2,1-3H3;4-5,10-12,17H,6-8H2,1-3H3;1-4H,(H,8,9)/t14-,16-,17-;10-,11-,12-;/m00./s1. The van der Waals surface area contributed by atoms with E-state index in [1.165, 1.54) is 36.5 Å². The third-order valence-corrected chi connectivity index (χ3v) is 12.8. The van der Waals surface area contributed by atoms with Gasteiger partial charge in [-0.15, -0.1) is 0 Å². The number of ether oxygens (including phenoxy) is 2. The number of nitrogens with zero attached hydrogens (tertiary/aromatic N) is 5. The van der Waals surface area contributed by atoms with Crippen LogP contribution in [-0.4, -0.2) is 96.2 Å². The summed E-state index contributed by atoms with van der Waals surface area (Å²) in [4.78, 5) is 30.0. The van der Waals surface area contributed by atoms with E-state index in [1.54, 1.807) is 26.4 Å². The number of piperazine rings is 2. The normalized spacial score (nSPS) is 21.9. The molecule has 13 nitrogen and oxygen atoms in total. The first kappa shape index (κ1) is 42.0. The molecule has 8 rings (SSSR count). The maximum Gasteiger partial charge on any atom is 0.336 e. The van der Waals surface area contributed by atoms with Gasteiger partial charge in [-0.1, -0.05) is 35.3 Å². The molecule has 15 heteroatoms. The first-order valence-corrected chi connectivity index (χ1v) is 19.8. The Bertz CT molecular complexity index is 2070. The Labute approximate surface area is 343 Å². The average Bonchev–Trinajstić information content (AvgIpc) is 4.03. The molecule has 57 heavy (non-hydrogen) atoms. The van der Waals surface area contributed by atoms with Gasteiger partial charge in [-0.2, -0.15) is 9.46 Å². The van der Waals surface area contributed by atoms with Crippen molar-refractivity contribution in [3.05, 3.63) is 127 Å². The number of fused-ring (bicyclic) bond motifs is 4. The third kappa shape index (κ3) is 8.92. The first-order chi connectivity index (χ1) is 27.2. The van der Waals surface area contributed by atoms with Crippen LogP contribution in [0.1, 0.15) is 81.7 Å². The molecular weight excluding hydrogens is 771 g/mol. The molecule has 2 aromatic carbocycles. The van der Waals surface area contributed by atoms with Crippen LogP contribution < -0.4 is 24.3 Å². The first-order valence-electron chi connectivity index (χ1n) is 19.0. The topological polar surface area (TPSA) is 148 Å². The number of carboxylic acid groups (broad SMARTS) is 1. The molecule has 0 radical (unpaired) electrons. The van der Waals surface area contributed by atoms with E-state index in [4.69, 9.17) is 37.8 Å². The second kappa shape index (κ2) is 17.9. The van der Waals surface area contributed by atoms with E-state index in [2.05, 4.69) is 35.0 Å². The number of amides is 1. The van der Waals surface area contributed by atoms with Gasteiger partial charge in [-0.3, -0.25) is 14.6 Å². The second-order valence-electron chi connectivity index (χ2n) is 15.0. The zero-order valence-corrected chi connectivity index (χ0v) is 34.5. The minimum absolute atomic E-state index is 0.00118. The van der Waals surface area contributed by atoms with Crippen LogP contribution in [-0.2, 0) is 0 Å². The van der Waals surface area contributed by atoms with Gasteiger partial charge in [-0.05, 0) is 63.8 Å². The van der Waals surface area contributed by atoms with Gasteiger partial charge in [0.1, 0.15) is 11.5 Å². The highest BCUT2D eigenvalue weighted by atomic mass is 35.5. The Morgan fingerprint density at radius 1 is 0.737 bits per heavy atom. The highest BCUT2D eigenvalue weighted by Crippen LogP contribution is 2.41. The lowest BCUT2D eigenvalue weighted by Crippen LogP contribution is -2.49. The zero-order chi connectivity index (χ0) is 41.1. The Morgan fingerprint density at radius 3 is 1.63 bits per heavy atom. The van der Waals surface area contributed by atoms with E-state index in [9.17, 15) is 20.0 Å². The van der Waals surface area contributed by atoms with Crippen molar-refractivity contribution < 1.29 is 33.6 Å². The van der Waals surface area contributed by atoms with Crippen molar-refractivity contribution in [3.8, 4) is 11.5 Å². The number of halogens is 2. The number of aromatic carboxylic acids is 1. The molecule has 0 saturated carbocycles. The number of methoxy groups -OCH3 is 2. The average molecular weight is 822 g/mol. The summed E-state index contributed by atoms with van der Waals surface area (Å²) < 4.78 is 11.9. The third-order valence-electron chi connectivity index (χ3n) is 11.8. The van der Waals surface area contributed by atoms with Gasteiger partial charge in [0.25, 0.3) is 5.91 Å². The zero-order valence-electron chi connectivity index (χ0n) is 33.0. The molecule has 4 fully saturated rings. The SMILES string of the molecule is COc1ccc([C@H](C)N2C[C@@H]3C[C@H]2CN3)c(Cl)c1C.COc1ccc([C@H](C)N2C[C@@H]3C[C@H]2CN3C(=O)c2cc[n+]([O-])cc2)c(Cl)c1C.O=C(O)c1cc[n+]([O-])cc1. The summed E-state index contributed by atoms with van der Waals surface area (Å²) in [5.74, 6) is 0.632. The number of carboxylic acids is 1. The summed E-state index contributed by atoms with van der Waals surface area (Å²) in [5, 5.41) is 35.1. The molecule has 2 aromatic heterocycles. The van der Waals surface area contributed by atoms with E-state index < -0.39 is 5.97 Å². The fourth-order valence-corrected chi connectivity index (χ4v) is 9.21. The predicted molar refractivity (Wildman–Crippen MR) is 217 cm³/mol. The summed E-state index contributed by atoms with van der Waals surface area (Å²) >= 11 is 13.2. The van der Waals surface area contributed by atoms with Gasteiger partial charge in [0.2, 0.25) is 0 Å². The van der Waals surface area contributed by atoms with Gasteiger partial charge >= 0.3 is 5.97 Å². The van der Waals surface area contributed by atoms with Crippen molar-refractivity contribution in [3.63, 3.8) is 0 Å². The van der Waals surface area contributed by atoms with Gasteiger partial charge in [0.15, 0.2) is 24.8 Å². The number of hydrogen-bond donors (Lipinski definition) is 2. The van der Waals surface area contributed by atoms with E-state index in [0.29, 0.717) is 45.7 Å². The summed E-state index contributed by atoms with van der Waals surface area (Å²) in [6, 6.07) is 16.2. The van der Waals surface area contributed by atoms with E-state index in [1.807, 2.05) is 36.9 Å². The second-order valence-corrected chi connectivity index (χ2v) is 15.8. The van der Waals surface area contributed by atoms with E-state index in [-0.39, 0.29) is 23.6 Å². The fraction of sp³-hybridized carbons (Fsp3) is 0.429. The molecule has 4 aliphatic rings. The Kier molecular flexibility index (Phi) is 13.2. The van der Waals surface area contributed by atoms with Crippen LogP contribution in [0.2, 0.25) is 10.0 Å². The minimum Gasteiger partial charge on any atom is -0.619 e. The van der Waals surface area contributed by atoms with Gasteiger partial charge in [0, 0.05) is 97.8 Å². The van der Waals surface area contributed by atoms with Crippen LogP contribution in [0.25, 0.3) is 0 Å². The number of likely N-dealkylation sites (tertiary alicyclic amines) is 3. The molecule has 4 aromatic rings. The molecule has 4 aliphatic heterocycles. The molecule has 0 spiro atoms. The number of hydrogen-bond acceptors (Lipinski definition) is 9. The van der Waals surface area contributed by atoms with Crippen molar-refractivity contribution in [2.24, 2.45) is 0 Å². The lowest BCUT2D eigenvalue weighted by Gasteiger charge is -2.38. The number of benzene rings is 2. The van der Waals surface area contributed by atoms with Crippen LogP contribution in [0.4, 0.5) is 0 Å². The highest BCUT2D eigenvalue weighted by Gasteiger charge is 2.47. The number of carbonyl (C=O) groups is 2. The van der Waals surface area contributed by atoms with Crippen molar-refractivity contribution in [1.29, 1.82) is 0 Å². The summed E-state index contributed by atoms with van der Waals surface area (Å²) in [6.45, 7) is 12.2. The van der Waals surface area contributed by atoms with Crippen LogP contribution in [0.3, 0.4) is 0 Å². The summed E-state index contributed by atoms with van der Waals surface area (Å²) in [6.07, 6.45) is 7.26. The Hall–Kier alpha value is -4.66. The fourth-order valence-electron chi connectivity index (χ4n) is 8.59. The smallest absolute Gasteiger partial charge is 0.336 e. The molecule has 6 atom stereocenters. The quantitative estimate of drug-likeness (QED) is 0.167. The highest BCUT2D eigenvalue weighted by molar-refractivity contribution is 6.32. The molecule has 4 saturated heterocycles. The maximum atomic E-state index is 12.8. The minimum atomic E-state index is -1.03. The van der Waals surface area contributed by atoms with Crippen molar-refractivity contribution in [2.45, 2.75) is 76.8 Å². The molecule has 2 N–H and O–H groups in total. The molecule has 6 heterocycles. The van der Waals surface area contributed by atoms with Crippen LogP contribution >= 0.6 is 23.2 Å². The summed E-state index contributed by atoms with van der Waals surface area (Å²) in [5.41, 5.74) is 4.98. The Morgan fingerprint density at radius 2 is 1.23 bits per heavy atom. The predicted octanol–water partition coefficient (Wildman–Crippen LogP) is 5.73. The van der Waals surface area contributed by atoms with Crippen LogP contribution in [0, 0.1) is 24.3 Å².